The molecule has 6 nitrogen and oxygen atoms in total. The molecule has 0 atom stereocenters. The number of ether oxygens (including phenoxy) is 1. The topological polar surface area (TPSA) is 69.3 Å². The van der Waals surface area contributed by atoms with E-state index in [4.69, 9.17) is 32.4 Å². The fourth-order valence-electron chi connectivity index (χ4n) is 2.30. The molecule has 0 aliphatic heterocycles. The largest absolute Gasteiger partial charge is 0.484 e. The maximum absolute atomic E-state index is 12.2. The number of rotatable bonds is 6. The lowest BCUT2D eigenvalue weighted by molar-refractivity contribution is 0.0918. The van der Waals surface area contributed by atoms with Crippen molar-refractivity contribution in [2.45, 2.75) is 20.1 Å². The fraction of sp³-hybridized carbons (Fsp3) is 0.222. The van der Waals surface area contributed by atoms with Crippen LogP contribution in [-0.2, 0) is 20.2 Å². The number of carbonyl (C=O) groups excluding carboxylic acids is 1. The minimum Gasteiger partial charge on any atom is -0.484 e. The number of furan rings is 1. The lowest BCUT2D eigenvalue weighted by atomic mass is 10.3. The van der Waals surface area contributed by atoms with Crippen molar-refractivity contribution in [2.24, 2.45) is 7.05 Å². The minimum atomic E-state index is -0.319. The molecule has 0 aliphatic carbocycles. The summed E-state index contributed by atoms with van der Waals surface area (Å²) in [5.41, 5.74) is 1.80. The Morgan fingerprint density at radius 1 is 1.31 bits per heavy atom. The first kappa shape index (κ1) is 18.4. The van der Waals surface area contributed by atoms with E-state index in [1.54, 1.807) is 35.0 Å². The molecule has 26 heavy (non-hydrogen) atoms. The van der Waals surface area contributed by atoms with Crippen LogP contribution in [0.4, 0.5) is 0 Å². The van der Waals surface area contributed by atoms with E-state index in [0.29, 0.717) is 28.1 Å². The van der Waals surface area contributed by atoms with E-state index in [9.17, 15) is 4.79 Å². The summed E-state index contributed by atoms with van der Waals surface area (Å²) >= 11 is 12.0. The highest BCUT2D eigenvalue weighted by molar-refractivity contribution is 6.42. The summed E-state index contributed by atoms with van der Waals surface area (Å²) in [6, 6.07) is 10.3. The van der Waals surface area contributed by atoms with Gasteiger partial charge in [-0.15, -0.1) is 0 Å². The van der Waals surface area contributed by atoms with Gasteiger partial charge in [-0.25, -0.2) is 0 Å². The van der Waals surface area contributed by atoms with Gasteiger partial charge in [0.25, 0.3) is 5.91 Å². The van der Waals surface area contributed by atoms with Crippen molar-refractivity contribution in [1.82, 2.24) is 15.1 Å². The summed E-state index contributed by atoms with van der Waals surface area (Å²) in [4.78, 5) is 12.2. The molecule has 1 amide bonds. The first-order chi connectivity index (χ1) is 12.4. The molecule has 3 rings (SSSR count). The molecular weight excluding hydrogens is 377 g/mol. The van der Waals surface area contributed by atoms with E-state index in [1.807, 2.05) is 20.0 Å². The molecule has 0 bridgehead atoms. The summed E-state index contributed by atoms with van der Waals surface area (Å²) in [6.45, 7) is 2.40. The summed E-state index contributed by atoms with van der Waals surface area (Å²) in [5, 5.41) is 7.81. The quantitative estimate of drug-likeness (QED) is 0.683. The molecule has 136 valence electrons. The van der Waals surface area contributed by atoms with Gasteiger partial charge in [0.15, 0.2) is 5.76 Å². The zero-order valence-corrected chi connectivity index (χ0v) is 15.8. The van der Waals surface area contributed by atoms with Crippen LogP contribution in [-0.4, -0.2) is 15.7 Å². The molecular formula is C18H17Cl2N3O3. The molecule has 0 fully saturated rings. The van der Waals surface area contributed by atoms with Gasteiger partial charge in [0, 0.05) is 12.7 Å². The van der Waals surface area contributed by atoms with Gasteiger partial charge in [0.05, 0.1) is 17.3 Å². The average Bonchev–Trinajstić information content (AvgIpc) is 3.21. The van der Waals surface area contributed by atoms with Gasteiger partial charge in [-0.1, -0.05) is 29.3 Å². The number of nitrogens with zero attached hydrogens (tertiary/aromatic N) is 2. The van der Waals surface area contributed by atoms with Gasteiger partial charge < -0.3 is 14.5 Å². The highest BCUT2D eigenvalue weighted by Crippen LogP contribution is 2.32. The smallest absolute Gasteiger partial charge is 0.287 e. The van der Waals surface area contributed by atoms with Crippen molar-refractivity contribution in [3.05, 3.63) is 69.4 Å². The number of benzene rings is 1. The van der Waals surface area contributed by atoms with Crippen molar-refractivity contribution < 1.29 is 13.9 Å². The van der Waals surface area contributed by atoms with Crippen LogP contribution in [0.2, 0.25) is 10.0 Å². The number of hydrogen-bond acceptors (Lipinski definition) is 4. The molecule has 0 aliphatic rings. The monoisotopic (exact) mass is 393 g/mol. The predicted octanol–water partition coefficient (Wildman–Crippen LogP) is 4.14. The second-order valence-electron chi connectivity index (χ2n) is 5.69. The fourth-order valence-corrected chi connectivity index (χ4v) is 2.65. The summed E-state index contributed by atoms with van der Waals surface area (Å²) in [5.74, 6) is 0.834. The van der Waals surface area contributed by atoms with E-state index in [0.717, 1.165) is 11.4 Å². The molecule has 3 aromatic rings. The van der Waals surface area contributed by atoms with E-state index in [2.05, 4.69) is 10.4 Å². The molecule has 8 heteroatoms. The van der Waals surface area contributed by atoms with Gasteiger partial charge >= 0.3 is 0 Å². The van der Waals surface area contributed by atoms with Gasteiger partial charge in [-0.2, -0.15) is 5.10 Å². The summed E-state index contributed by atoms with van der Waals surface area (Å²) < 4.78 is 12.9. The zero-order valence-electron chi connectivity index (χ0n) is 14.3. The number of aryl methyl sites for hydroxylation is 2. The Labute approximate surface area is 160 Å². The summed E-state index contributed by atoms with van der Waals surface area (Å²) in [7, 11) is 1.85. The van der Waals surface area contributed by atoms with Crippen LogP contribution in [0.25, 0.3) is 0 Å². The number of aromatic nitrogens is 2. The Morgan fingerprint density at radius 3 is 2.85 bits per heavy atom. The number of halogens is 2. The van der Waals surface area contributed by atoms with Crippen molar-refractivity contribution in [3.63, 3.8) is 0 Å². The highest BCUT2D eigenvalue weighted by Gasteiger charge is 2.13. The molecule has 1 N–H and O–H groups in total. The Bertz CT molecular complexity index is 914. The normalized spacial score (nSPS) is 10.8. The molecule has 0 unspecified atom stereocenters. The first-order valence-corrected chi connectivity index (χ1v) is 8.63. The minimum absolute atomic E-state index is 0.132. The third-order valence-corrected chi connectivity index (χ3v) is 4.57. The van der Waals surface area contributed by atoms with E-state index in [1.165, 1.54) is 0 Å². The van der Waals surface area contributed by atoms with E-state index in [-0.39, 0.29) is 18.3 Å². The second kappa shape index (κ2) is 7.85. The predicted molar refractivity (Wildman–Crippen MR) is 98.6 cm³/mol. The molecule has 0 radical (unpaired) electrons. The molecule has 1 aromatic carbocycles. The van der Waals surface area contributed by atoms with Crippen LogP contribution in [0, 0.1) is 6.92 Å². The number of hydrogen-bond donors (Lipinski definition) is 1. The van der Waals surface area contributed by atoms with E-state index < -0.39 is 0 Å². The zero-order chi connectivity index (χ0) is 18.7. The van der Waals surface area contributed by atoms with Gasteiger partial charge in [0.2, 0.25) is 0 Å². The number of amides is 1. The van der Waals surface area contributed by atoms with Crippen LogP contribution >= 0.6 is 23.2 Å². The molecule has 2 aromatic heterocycles. The van der Waals surface area contributed by atoms with Crippen molar-refractivity contribution >= 4 is 29.1 Å². The first-order valence-electron chi connectivity index (χ1n) is 7.87. The van der Waals surface area contributed by atoms with Gasteiger partial charge in [-0.3, -0.25) is 9.48 Å². The van der Waals surface area contributed by atoms with Crippen molar-refractivity contribution in [1.29, 1.82) is 0 Å². The molecule has 0 saturated carbocycles. The van der Waals surface area contributed by atoms with Crippen LogP contribution in [0.1, 0.15) is 27.7 Å². The third-order valence-electron chi connectivity index (χ3n) is 3.77. The summed E-state index contributed by atoms with van der Waals surface area (Å²) in [6.07, 6.45) is 0. The van der Waals surface area contributed by atoms with Crippen LogP contribution in [0.3, 0.4) is 0 Å². The van der Waals surface area contributed by atoms with Crippen molar-refractivity contribution in [3.8, 4) is 5.75 Å². The Balaban J connectivity index is 1.56. The lowest BCUT2D eigenvalue weighted by Gasteiger charge is -2.07. The Morgan fingerprint density at radius 2 is 2.12 bits per heavy atom. The van der Waals surface area contributed by atoms with E-state index >= 15 is 0 Å². The standard InChI is InChI=1S/C18H17Cl2N3O3/c1-11-8-12(22-23(11)2)9-21-18(24)16-7-6-13(26-16)10-25-15-5-3-4-14(19)17(15)20/h3-8H,9-10H2,1-2H3,(H,21,24). The lowest BCUT2D eigenvalue weighted by Crippen LogP contribution is -2.22. The van der Waals surface area contributed by atoms with Crippen LogP contribution in [0.15, 0.2) is 40.8 Å². The molecule has 0 spiro atoms. The maximum Gasteiger partial charge on any atom is 0.287 e. The number of nitrogens with one attached hydrogen (secondary N) is 1. The van der Waals surface area contributed by atoms with Crippen LogP contribution in [0.5, 0.6) is 5.75 Å². The van der Waals surface area contributed by atoms with Crippen molar-refractivity contribution in [2.75, 3.05) is 0 Å². The highest BCUT2D eigenvalue weighted by atomic mass is 35.5. The Kier molecular flexibility index (Phi) is 5.54. The van der Waals surface area contributed by atoms with Crippen LogP contribution < -0.4 is 10.1 Å². The second-order valence-corrected chi connectivity index (χ2v) is 6.48. The molecule has 2 heterocycles. The average molecular weight is 394 g/mol. The third kappa shape index (κ3) is 4.20. The Hall–Kier alpha value is -2.44. The van der Waals surface area contributed by atoms with Gasteiger partial charge in [0.1, 0.15) is 23.1 Å². The van der Waals surface area contributed by atoms with Gasteiger partial charge in [-0.05, 0) is 37.3 Å². The number of carbonyl (C=O) groups is 1. The molecule has 0 saturated heterocycles. The SMILES string of the molecule is Cc1cc(CNC(=O)c2ccc(COc3cccc(Cl)c3Cl)o2)nn1C. The maximum atomic E-state index is 12.2.